The van der Waals surface area contributed by atoms with Crippen molar-refractivity contribution in [1.82, 2.24) is 20.9 Å². The minimum Gasteiger partial charge on any atom is -0.358 e. The maximum Gasteiger partial charge on any atom is 0.238 e. The molecule has 3 N–H and O–H groups in total. The van der Waals surface area contributed by atoms with E-state index in [9.17, 15) is 9.59 Å². The summed E-state index contributed by atoms with van der Waals surface area (Å²) < 4.78 is 0. The molecular formula is C10H20N4O2. The summed E-state index contributed by atoms with van der Waals surface area (Å²) in [7, 11) is 1.64. The van der Waals surface area contributed by atoms with Gasteiger partial charge >= 0.3 is 0 Å². The van der Waals surface area contributed by atoms with Gasteiger partial charge < -0.3 is 16.0 Å². The molecule has 6 heteroatoms. The molecule has 6 nitrogen and oxygen atoms in total. The van der Waals surface area contributed by atoms with Crippen molar-refractivity contribution in [3.8, 4) is 0 Å². The maximum atomic E-state index is 11.6. The molecule has 16 heavy (non-hydrogen) atoms. The molecule has 1 aliphatic heterocycles. The van der Waals surface area contributed by atoms with Crippen molar-refractivity contribution in [2.24, 2.45) is 0 Å². The number of carbonyl (C=O) groups is 2. The van der Waals surface area contributed by atoms with E-state index in [-0.39, 0.29) is 17.9 Å². The Kier molecular flexibility index (Phi) is 5.21. The summed E-state index contributed by atoms with van der Waals surface area (Å²) in [5, 5.41) is 8.58. The van der Waals surface area contributed by atoms with Crippen LogP contribution in [-0.4, -0.2) is 62.5 Å². The lowest BCUT2D eigenvalue weighted by molar-refractivity contribution is -0.126. The first-order chi connectivity index (χ1) is 7.65. The van der Waals surface area contributed by atoms with Gasteiger partial charge in [0, 0.05) is 46.7 Å². The molecule has 1 heterocycles. The molecule has 1 fully saturated rings. The first-order valence-corrected chi connectivity index (χ1v) is 5.56. The summed E-state index contributed by atoms with van der Waals surface area (Å²) in [6.07, 6.45) is 0. The molecule has 0 bridgehead atoms. The van der Waals surface area contributed by atoms with Gasteiger partial charge in [0.15, 0.2) is 0 Å². The second-order valence-electron chi connectivity index (χ2n) is 3.85. The summed E-state index contributed by atoms with van der Waals surface area (Å²) in [4.78, 5) is 24.4. The fourth-order valence-corrected chi connectivity index (χ4v) is 1.81. The van der Waals surface area contributed by atoms with E-state index in [0.717, 1.165) is 13.1 Å². The molecule has 1 saturated heterocycles. The Labute approximate surface area is 95.8 Å². The van der Waals surface area contributed by atoms with Crippen LogP contribution in [0.2, 0.25) is 0 Å². The van der Waals surface area contributed by atoms with E-state index in [4.69, 9.17) is 0 Å². The summed E-state index contributed by atoms with van der Waals surface area (Å²) in [5.74, 6) is -0.0124. The molecule has 92 valence electrons. The molecule has 0 aromatic carbocycles. The fraction of sp³-hybridized carbons (Fsp3) is 0.800. The van der Waals surface area contributed by atoms with E-state index >= 15 is 0 Å². The Morgan fingerprint density at radius 2 is 2.25 bits per heavy atom. The molecule has 1 unspecified atom stereocenters. The van der Waals surface area contributed by atoms with Crippen LogP contribution in [0.1, 0.15) is 6.92 Å². The summed E-state index contributed by atoms with van der Waals surface area (Å²) >= 11 is 0. The zero-order valence-corrected chi connectivity index (χ0v) is 9.88. The molecule has 0 radical (unpaired) electrons. The minimum atomic E-state index is -0.132. The Morgan fingerprint density at radius 1 is 1.50 bits per heavy atom. The van der Waals surface area contributed by atoms with Crippen LogP contribution >= 0.6 is 0 Å². The van der Waals surface area contributed by atoms with Gasteiger partial charge in [-0.3, -0.25) is 14.5 Å². The van der Waals surface area contributed by atoms with Crippen LogP contribution in [0.25, 0.3) is 0 Å². The lowest BCUT2D eigenvalue weighted by atomic mass is 10.2. The number of nitrogens with one attached hydrogen (secondary N) is 3. The van der Waals surface area contributed by atoms with E-state index < -0.39 is 0 Å². The van der Waals surface area contributed by atoms with Crippen molar-refractivity contribution >= 4 is 11.8 Å². The van der Waals surface area contributed by atoms with Crippen molar-refractivity contribution in [2.45, 2.75) is 13.0 Å². The monoisotopic (exact) mass is 228 g/mol. The predicted molar refractivity (Wildman–Crippen MR) is 61.0 cm³/mol. The van der Waals surface area contributed by atoms with Gasteiger partial charge in [0.2, 0.25) is 11.8 Å². The third-order valence-electron chi connectivity index (χ3n) is 2.68. The van der Waals surface area contributed by atoms with Gasteiger partial charge in [0.05, 0.1) is 0 Å². The third kappa shape index (κ3) is 3.79. The van der Waals surface area contributed by atoms with Gasteiger partial charge in [-0.2, -0.15) is 0 Å². The number of rotatable bonds is 4. The summed E-state index contributed by atoms with van der Waals surface area (Å²) in [6.45, 7) is 5.17. The van der Waals surface area contributed by atoms with Crippen LogP contribution in [0.4, 0.5) is 0 Å². The molecule has 0 aliphatic carbocycles. The minimum absolute atomic E-state index is 0.0232. The van der Waals surface area contributed by atoms with Crippen LogP contribution in [0.15, 0.2) is 0 Å². The van der Waals surface area contributed by atoms with E-state index in [1.165, 1.54) is 6.92 Å². The van der Waals surface area contributed by atoms with Crippen LogP contribution in [0, 0.1) is 0 Å². The van der Waals surface area contributed by atoms with Gasteiger partial charge in [-0.25, -0.2) is 0 Å². The summed E-state index contributed by atoms with van der Waals surface area (Å²) in [6, 6.07) is -0.132. The highest BCUT2D eigenvalue weighted by molar-refractivity contribution is 5.81. The van der Waals surface area contributed by atoms with Crippen LogP contribution in [0.5, 0.6) is 0 Å². The van der Waals surface area contributed by atoms with Crippen LogP contribution in [-0.2, 0) is 9.59 Å². The maximum absolute atomic E-state index is 11.6. The van der Waals surface area contributed by atoms with E-state index in [2.05, 4.69) is 20.9 Å². The molecule has 0 saturated carbocycles. The highest BCUT2D eigenvalue weighted by atomic mass is 16.2. The van der Waals surface area contributed by atoms with Gasteiger partial charge in [-0.1, -0.05) is 0 Å². The lowest BCUT2D eigenvalue weighted by Gasteiger charge is -2.34. The first kappa shape index (κ1) is 12.9. The molecule has 0 aromatic heterocycles. The molecule has 0 aromatic rings. The van der Waals surface area contributed by atoms with Gasteiger partial charge in [-0.05, 0) is 0 Å². The van der Waals surface area contributed by atoms with Crippen LogP contribution in [0.3, 0.4) is 0 Å². The van der Waals surface area contributed by atoms with Crippen LogP contribution < -0.4 is 16.0 Å². The predicted octanol–water partition coefficient (Wildman–Crippen LogP) is -1.86. The molecule has 1 aliphatic rings. The molecule has 1 rings (SSSR count). The van der Waals surface area contributed by atoms with E-state index in [0.29, 0.717) is 19.6 Å². The first-order valence-electron chi connectivity index (χ1n) is 5.56. The third-order valence-corrected chi connectivity index (χ3v) is 2.68. The van der Waals surface area contributed by atoms with Gasteiger partial charge in [0.25, 0.3) is 0 Å². The number of hydrogen-bond donors (Lipinski definition) is 3. The second kappa shape index (κ2) is 6.44. The second-order valence-corrected chi connectivity index (χ2v) is 3.85. The fourth-order valence-electron chi connectivity index (χ4n) is 1.81. The zero-order chi connectivity index (χ0) is 12.0. The molecule has 1 atom stereocenters. The lowest BCUT2D eigenvalue weighted by Crippen LogP contribution is -2.58. The topological polar surface area (TPSA) is 73.5 Å². The Bertz CT molecular complexity index is 257. The SMILES string of the molecule is CNC(=O)C1CNCCN1CCNC(C)=O. The largest absolute Gasteiger partial charge is 0.358 e. The number of amides is 2. The van der Waals surface area contributed by atoms with E-state index in [1.54, 1.807) is 7.05 Å². The normalized spacial score (nSPS) is 21.5. The Balaban J connectivity index is 2.40. The van der Waals surface area contributed by atoms with E-state index in [1.807, 2.05) is 0 Å². The Hall–Kier alpha value is -1.14. The Morgan fingerprint density at radius 3 is 2.88 bits per heavy atom. The molecule has 2 amide bonds. The van der Waals surface area contributed by atoms with Crippen molar-refractivity contribution in [3.05, 3.63) is 0 Å². The average Bonchev–Trinajstić information content (AvgIpc) is 2.28. The van der Waals surface area contributed by atoms with Crippen molar-refractivity contribution < 1.29 is 9.59 Å². The highest BCUT2D eigenvalue weighted by Gasteiger charge is 2.27. The molecule has 0 spiro atoms. The standard InChI is InChI=1S/C10H20N4O2/c1-8(15)13-4-6-14-5-3-12-7-9(14)10(16)11-2/h9,12H,3-7H2,1-2H3,(H,11,16)(H,13,15). The number of nitrogens with zero attached hydrogens (tertiary/aromatic N) is 1. The van der Waals surface area contributed by atoms with Crippen molar-refractivity contribution in [2.75, 3.05) is 39.8 Å². The number of carbonyl (C=O) groups excluding carboxylic acids is 2. The summed E-state index contributed by atoms with van der Waals surface area (Å²) in [5.41, 5.74) is 0. The van der Waals surface area contributed by atoms with Crippen molar-refractivity contribution in [3.63, 3.8) is 0 Å². The van der Waals surface area contributed by atoms with Gasteiger partial charge in [0.1, 0.15) is 6.04 Å². The quantitative estimate of drug-likeness (QED) is 0.528. The smallest absolute Gasteiger partial charge is 0.238 e. The average molecular weight is 228 g/mol. The number of piperazine rings is 1. The van der Waals surface area contributed by atoms with Crippen molar-refractivity contribution in [1.29, 1.82) is 0 Å². The van der Waals surface area contributed by atoms with Gasteiger partial charge in [-0.15, -0.1) is 0 Å². The highest BCUT2D eigenvalue weighted by Crippen LogP contribution is 2.02. The molecular weight excluding hydrogens is 208 g/mol. The number of likely N-dealkylation sites (N-methyl/N-ethyl adjacent to an activating group) is 1. The number of hydrogen-bond acceptors (Lipinski definition) is 4. The zero-order valence-electron chi connectivity index (χ0n) is 9.88.